The number of methoxy groups -OCH3 is 1. The second kappa shape index (κ2) is 6.97. The molecule has 0 unspecified atom stereocenters. The minimum absolute atomic E-state index is 0.123. The van der Waals surface area contributed by atoms with Crippen molar-refractivity contribution < 1.29 is 14.3 Å². The van der Waals surface area contributed by atoms with E-state index < -0.39 is 0 Å². The molecule has 146 valence electrons. The van der Waals surface area contributed by atoms with E-state index in [4.69, 9.17) is 4.74 Å². The zero-order valence-corrected chi connectivity index (χ0v) is 16.0. The zero-order valence-electron chi connectivity index (χ0n) is 16.0. The topological polar surface area (TPSA) is 86.1 Å². The molecule has 4 aromatic rings. The van der Waals surface area contributed by atoms with Crippen LogP contribution in [0, 0.1) is 0 Å². The summed E-state index contributed by atoms with van der Waals surface area (Å²) in [5, 5.41) is 11.4. The van der Waals surface area contributed by atoms with Crippen molar-refractivity contribution in [2.24, 2.45) is 0 Å². The van der Waals surface area contributed by atoms with Crippen LogP contribution in [-0.4, -0.2) is 33.7 Å². The summed E-state index contributed by atoms with van der Waals surface area (Å²) in [6.07, 6.45) is 0. The van der Waals surface area contributed by atoms with Gasteiger partial charge in [-0.05, 0) is 24.3 Å². The molecule has 1 N–H and O–H groups in total. The summed E-state index contributed by atoms with van der Waals surface area (Å²) < 4.78 is 6.82. The fourth-order valence-corrected chi connectivity index (χ4v) is 3.60. The maximum atomic E-state index is 13.5. The average molecular weight is 396 g/mol. The maximum absolute atomic E-state index is 13.5. The van der Waals surface area contributed by atoms with Gasteiger partial charge >= 0.3 is 0 Å². The summed E-state index contributed by atoms with van der Waals surface area (Å²) in [6.45, 7) is 0. The molecule has 7 heteroatoms. The predicted molar refractivity (Wildman–Crippen MR) is 112 cm³/mol. The Labute approximate surface area is 171 Å². The molecule has 0 spiro atoms. The van der Waals surface area contributed by atoms with Gasteiger partial charge in [-0.2, -0.15) is 0 Å². The van der Waals surface area contributed by atoms with Crippen molar-refractivity contribution in [3.63, 3.8) is 0 Å². The normalized spacial score (nSPS) is 13.5. The SMILES string of the molecule is COc1ccccc1NC1=C(n2nnc3ccccc32)C(=O)c2ccccc2C1=O. The monoisotopic (exact) mass is 396 g/mol. The number of fused-ring (bicyclic) bond motifs is 2. The first-order valence-electron chi connectivity index (χ1n) is 9.32. The lowest BCUT2D eigenvalue weighted by molar-refractivity contribution is 0.0988. The van der Waals surface area contributed by atoms with Crippen LogP contribution in [0.3, 0.4) is 0 Å². The predicted octanol–water partition coefficient (Wildman–Crippen LogP) is 3.80. The van der Waals surface area contributed by atoms with E-state index >= 15 is 0 Å². The van der Waals surface area contributed by atoms with E-state index in [9.17, 15) is 9.59 Å². The first-order valence-corrected chi connectivity index (χ1v) is 9.32. The molecule has 5 rings (SSSR count). The molecule has 1 aliphatic rings. The number of hydrogen-bond acceptors (Lipinski definition) is 6. The van der Waals surface area contributed by atoms with E-state index in [1.54, 1.807) is 55.6 Å². The van der Waals surface area contributed by atoms with Gasteiger partial charge in [0.25, 0.3) is 0 Å². The number of nitrogens with zero attached hydrogens (tertiary/aromatic N) is 3. The Morgan fingerprint density at radius 2 is 1.50 bits per heavy atom. The molecule has 0 aliphatic heterocycles. The van der Waals surface area contributed by atoms with Gasteiger partial charge in [0.2, 0.25) is 11.6 Å². The van der Waals surface area contributed by atoms with E-state index in [-0.39, 0.29) is 23.0 Å². The third-order valence-corrected chi connectivity index (χ3v) is 5.03. The van der Waals surface area contributed by atoms with Crippen molar-refractivity contribution in [2.75, 3.05) is 12.4 Å². The third-order valence-electron chi connectivity index (χ3n) is 5.03. The summed E-state index contributed by atoms with van der Waals surface area (Å²) in [7, 11) is 1.55. The maximum Gasteiger partial charge on any atom is 0.214 e. The fraction of sp³-hybridized carbons (Fsp3) is 0.0435. The molecule has 1 aliphatic carbocycles. The minimum Gasteiger partial charge on any atom is -0.495 e. The molecule has 0 saturated carbocycles. The number of Topliss-reactive ketones (excluding diaryl/α,β-unsaturated/α-hetero) is 2. The zero-order chi connectivity index (χ0) is 20.7. The quantitative estimate of drug-likeness (QED) is 0.565. The number of allylic oxidation sites excluding steroid dienone is 2. The van der Waals surface area contributed by atoms with Crippen LogP contribution in [0.15, 0.2) is 78.5 Å². The van der Waals surface area contributed by atoms with Crippen LogP contribution in [0.5, 0.6) is 5.75 Å². The number of anilines is 1. The number of benzene rings is 3. The summed E-state index contributed by atoms with van der Waals surface area (Å²) in [5.74, 6) is -0.0594. The second-order valence-corrected chi connectivity index (χ2v) is 6.74. The third kappa shape index (κ3) is 2.68. The van der Waals surface area contributed by atoms with Crippen LogP contribution in [0.1, 0.15) is 20.7 Å². The first kappa shape index (κ1) is 17.8. The number of ketones is 2. The lowest BCUT2D eigenvalue weighted by atomic mass is 9.90. The summed E-state index contributed by atoms with van der Waals surface area (Å²) in [4.78, 5) is 26.9. The second-order valence-electron chi connectivity index (χ2n) is 6.74. The number of para-hydroxylation sites is 3. The summed E-state index contributed by atoms with van der Waals surface area (Å²) in [6, 6.07) is 21.2. The molecule has 7 nitrogen and oxygen atoms in total. The van der Waals surface area contributed by atoms with Crippen LogP contribution in [-0.2, 0) is 0 Å². The molecule has 30 heavy (non-hydrogen) atoms. The lowest BCUT2D eigenvalue weighted by Gasteiger charge is -2.22. The highest BCUT2D eigenvalue weighted by molar-refractivity contribution is 6.38. The van der Waals surface area contributed by atoms with Crippen LogP contribution in [0.25, 0.3) is 16.7 Å². The van der Waals surface area contributed by atoms with E-state index in [0.717, 1.165) is 0 Å². The van der Waals surface area contributed by atoms with Crippen LogP contribution >= 0.6 is 0 Å². The summed E-state index contributed by atoms with van der Waals surface area (Å²) >= 11 is 0. The molecule has 3 aromatic carbocycles. The van der Waals surface area contributed by atoms with Gasteiger partial charge in [-0.3, -0.25) is 9.59 Å². The van der Waals surface area contributed by atoms with E-state index in [1.807, 2.05) is 24.3 Å². The van der Waals surface area contributed by atoms with E-state index in [2.05, 4.69) is 15.6 Å². The molecule has 0 atom stereocenters. The van der Waals surface area contributed by atoms with Gasteiger partial charge in [-0.25, -0.2) is 4.68 Å². The van der Waals surface area contributed by atoms with Gasteiger partial charge in [0.05, 0.1) is 18.3 Å². The van der Waals surface area contributed by atoms with Crippen molar-refractivity contribution in [1.82, 2.24) is 15.0 Å². The van der Waals surface area contributed by atoms with E-state index in [0.29, 0.717) is 33.6 Å². The number of ether oxygens (including phenoxy) is 1. The molecule has 0 fully saturated rings. The van der Waals surface area contributed by atoms with Gasteiger partial charge in [0.15, 0.2) is 0 Å². The van der Waals surface area contributed by atoms with Gasteiger partial charge < -0.3 is 10.1 Å². The highest BCUT2D eigenvalue weighted by Crippen LogP contribution is 2.33. The van der Waals surface area contributed by atoms with Crippen LogP contribution < -0.4 is 10.1 Å². The highest BCUT2D eigenvalue weighted by Gasteiger charge is 2.35. The number of aromatic nitrogens is 3. The largest absolute Gasteiger partial charge is 0.495 e. The van der Waals surface area contributed by atoms with Crippen molar-refractivity contribution in [3.8, 4) is 5.75 Å². The Kier molecular flexibility index (Phi) is 4.14. The molecule has 0 radical (unpaired) electrons. The van der Waals surface area contributed by atoms with Crippen LogP contribution in [0.4, 0.5) is 5.69 Å². The Hall–Kier alpha value is -4.26. The molecular formula is C23H16N4O3. The Balaban J connectivity index is 1.77. The number of carbonyl (C=O) groups is 2. The Morgan fingerprint density at radius 1 is 0.833 bits per heavy atom. The number of hydrogen-bond donors (Lipinski definition) is 1. The van der Waals surface area contributed by atoms with Gasteiger partial charge in [0.1, 0.15) is 22.7 Å². The van der Waals surface area contributed by atoms with Crippen molar-refractivity contribution >= 4 is 34.0 Å². The van der Waals surface area contributed by atoms with Gasteiger partial charge in [-0.1, -0.05) is 53.7 Å². The molecular weight excluding hydrogens is 380 g/mol. The van der Waals surface area contributed by atoms with Crippen LogP contribution in [0.2, 0.25) is 0 Å². The average Bonchev–Trinajstić information content (AvgIpc) is 3.21. The number of nitrogens with one attached hydrogen (secondary N) is 1. The standard InChI is InChI=1S/C23H16N4O3/c1-30-19-13-7-5-11-17(19)24-20-21(27-18-12-6-4-10-16(18)25-26-27)23(29)15-9-3-2-8-14(15)22(20)28/h2-13,24H,1H3. The Morgan fingerprint density at radius 3 is 2.30 bits per heavy atom. The Bertz CT molecular complexity index is 1350. The molecule has 0 bridgehead atoms. The molecule has 1 heterocycles. The fourth-order valence-electron chi connectivity index (χ4n) is 3.60. The number of rotatable bonds is 4. The minimum atomic E-state index is -0.307. The van der Waals surface area contributed by atoms with Gasteiger partial charge in [0, 0.05) is 11.1 Å². The van der Waals surface area contributed by atoms with E-state index in [1.165, 1.54) is 4.68 Å². The molecule has 0 amide bonds. The highest BCUT2D eigenvalue weighted by atomic mass is 16.5. The molecule has 1 aromatic heterocycles. The van der Waals surface area contributed by atoms with Crippen molar-refractivity contribution in [2.45, 2.75) is 0 Å². The van der Waals surface area contributed by atoms with Crippen molar-refractivity contribution in [1.29, 1.82) is 0 Å². The van der Waals surface area contributed by atoms with Gasteiger partial charge in [-0.15, -0.1) is 5.10 Å². The number of carbonyl (C=O) groups excluding carboxylic acids is 2. The summed E-state index contributed by atoms with van der Waals surface area (Å²) in [5.41, 5.74) is 2.75. The molecule has 0 saturated heterocycles. The lowest BCUT2D eigenvalue weighted by Crippen LogP contribution is -2.28. The smallest absolute Gasteiger partial charge is 0.214 e. The van der Waals surface area contributed by atoms with Crippen molar-refractivity contribution in [3.05, 3.63) is 89.6 Å². The first-order chi connectivity index (χ1) is 14.7.